The van der Waals surface area contributed by atoms with E-state index in [1.54, 1.807) is 39.8 Å². The lowest BCUT2D eigenvalue weighted by Gasteiger charge is -2.21. The molecule has 0 aliphatic carbocycles. The Hall–Kier alpha value is -0.810. The van der Waals surface area contributed by atoms with E-state index in [2.05, 4.69) is 9.71 Å². The van der Waals surface area contributed by atoms with E-state index in [1.807, 2.05) is 0 Å². The predicted molar refractivity (Wildman–Crippen MR) is 66.3 cm³/mol. The van der Waals surface area contributed by atoms with Crippen LogP contribution in [0.15, 0.2) is 12.1 Å². The van der Waals surface area contributed by atoms with Crippen LogP contribution >= 0.6 is 11.6 Å². The Morgan fingerprint density at radius 1 is 1.31 bits per heavy atom. The maximum absolute atomic E-state index is 11.9. The monoisotopic (exact) mass is 262 g/mol. The Morgan fingerprint density at radius 3 is 2.31 bits per heavy atom. The van der Waals surface area contributed by atoms with Gasteiger partial charge in [0.15, 0.2) is 0 Å². The molecule has 0 saturated carbocycles. The molecule has 4 nitrogen and oxygen atoms in total. The lowest BCUT2D eigenvalue weighted by Crippen LogP contribution is -2.33. The van der Waals surface area contributed by atoms with Crippen LogP contribution in [-0.2, 0) is 10.0 Å². The normalized spacial score (nSPS) is 12.6. The van der Waals surface area contributed by atoms with Crippen molar-refractivity contribution in [2.24, 2.45) is 0 Å². The van der Waals surface area contributed by atoms with Gasteiger partial charge in [0.2, 0.25) is 10.0 Å². The first kappa shape index (κ1) is 13.3. The number of pyridine rings is 1. The van der Waals surface area contributed by atoms with Crippen molar-refractivity contribution in [2.75, 3.05) is 4.72 Å². The number of halogens is 1. The van der Waals surface area contributed by atoms with Gasteiger partial charge < -0.3 is 0 Å². The fourth-order valence-corrected chi connectivity index (χ4v) is 1.94. The van der Waals surface area contributed by atoms with Crippen molar-refractivity contribution in [3.8, 4) is 0 Å². The fourth-order valence-electron chi connectivity index (χ4n) is 0.936. The zero-order valence-corrected chi connectivity index (χ0v) is 11.3. The Morgan fingerprint density at radius 2 is 1.88 bits per heavy atom. The van der Waals surface area contributed by atoms with E-state index in [0.717, 1.165) is 0 Å². The summed E-state index contributed by atoms with van der Waals surface area (Å²) in [5.74, 6) is 0. The van der Waals surface area contributed by atoms with Gasteiger partial charge in [-0.3, -0.25) is 4.72 Å². The van der Waals surface area contributed by atoms with Crippen LogP contribution in [0.4, 0.5) is 5.69 Å². The molecule has 0 aliphatic heterocycles. The molecular weight excluding hydrogens is 248 g/mol. The highest BCUT2D eigenvalue weighted by molar-refractivity contribution is 7.94. The molecule has 1 aromatic rings. The van der Waals surface area contributed by atoms with Gasteiger partial charge in [0.05, 0.1) is 16.1 Å². The Kier molecular flexibility index (Phi) is 3.50. The van der Waals surface area contributed by atoms with Crippen LogP contribution in [0.2, 0.25) is 5.15 Å². The summed E-state index contributed by atoms with van der Waals surface area (Å²) < 4.78 is 25.4. The van der Waals surface area contributed by atoms with Gasteiger partial charge in [-0.25, -0.2) is 13.4 Å². The Bertz CT molecular complexity index is 492. The maximum Gasteiger partial charge on any atom is 0.237 e. The minimum Gasteiger partial charge on any atom is -0.281 e. The highest BCUT2D eigenvalue weighted by atomic mass is 35.5. The van der Waals surface area contributed by atoms with Gasteiger partial charge in [-0.1, -0.05) is 11.6 Å². The first-order chi connectivity index (χ1) is 7.13. The summed E-state index contributed by atoms with van der Waals surface area (Å²) in [5.41, 5.74) is 1.01. The molecule has 0 aliphatic rings. The first-order valence-corrected chi connectivity index (χ1v) is 6.65. The van der Waals surface area contributed by atoms with E-state index >= 15 is 0 Å². The van der Waals surface area contributed by atoms with E-state index in [0.29, 0.717) is 16.5 Å². The van der Waals surface area contributed by atoms with Gasteiger partial charge in [-0.05, 0) is 39.8 Å². The highest BCUT2D eigenvalue weighted by Gasteiger charge is 2.29. The summed E-state index contributed by atoms with van der Waals surface area (Å²) in [5, 5.41) is 0.344. The molecule has 0 atom stereocenters. The second kappa shape index (κ2) is 4.22. The summed E-state index contributed by atoms with van der Waals surface area (Å²) in [7, 11) is -3.42. The molecule has 1 N–H and O–H groups in total. The summed E-state index contributed by atoms with van der Waals surface area (Å²) >= 11 is 5.69. The number of sulfonamides is 1. The van der Waals surface area contributed by atoms with E-state index in [1.165, 1.54) is 0 Å². The molecule has 90 valence electrons. The minimum atomic E-state index is -3.42. The fraction of sp³-hybridized carbons (Fsp3) is 0.500. The topological polar surface area (TPSA) is 59.1 Å². The number of nitrogens with zero attached hydrogens (tertiary/aromatic N) is 1. The molecule has 16 heavy (non-hydrogen) atoms. The standard InChI is InChI=1S/C10H15ClN2O2S/c1-7-8(5-6-9(11)12-7)13-16(14,15)10(2,3)4/h5-6,13H,1-4H3. The third-order valence-electron chi connectivity index (χ3n) is 2.10. The molecule has 1 aromatic heterocycles. The predicted octanol–water partition coefficient (Wildman–Crippen LogP) is 2.58. The van der Waals surface area contributed by atoms with Crippen LogP contribution in [-0.4, -0.2) is 18.1 Å². The van der Waals surface area contributed by atoms with Crippen LogP contribution in [0.3, 0.4) is 0 Å². The van der Waals surface area contributed by atoms with Crippen LogP contribution in [0, 0.1) is 6.92 Å². The number of nitrogens with one attached hydrogen (secondary N) is 1. The molecule has 0 amide bonds. The average Bonchev–Trinajstić information content (AvgIpc) is 2.08. The van der Waals surface area contributed by atoms with Gasteiger partial charge in [0.25, 0.3) is 0 Å². The van der Waals surface area contributed by atoms with Crippen molar-refractivity contribution >= 4 is 27.3 Å². The average molecular weight is 263 g/mol. The van der Waals surface area contributed by atoms with Crippen LogP contribution < -0.4 is 4.72 Å². The van der Waals surface area contributed by atoms with Gasteiger partial charge in [-0.2, -0.15) is 0 Å². The van der Waals surface area contributed by atoms with Gasteiger partial charge >= 0.3 is 0 Å². The number of anilines is 1. The van der Waals surface area contributed by atoms with Crippen molar-refractivity contribution in [2.45, 2.75) is 32.4 Å². The SMILES string of the molecule is Cc1nc(Cl)ccc1NS(=O)(=O)C(C)(C)C. The summed E-state index contributed by atoms with van der Waals surface area (Å²) in [6, 6.07) is 3.16. The van der Waals surface area contributed by atoms with Crippen LogP contribution in [0.5, 0.6) is 0 Å². The van der Waals surface area contributed by atoms with E-state index in [4.69, 9.17) is 11.6 Å². The van der Waals surface area contributed by atoms with E-state index in [9.17, 15) is 8.42 Å². The zero-order chi connectivity index (χ0) is 12.6. The Balaban J connectivity index is 3.07. The quantitative estimate of drug-likeness (QED) is 0.834. The van der Waals surface area contributed by atoms with Crippen molar-refractivity contribution in [3.63, 3.8) is 0 Å². The third kappa shape index (κ3) is 2.86. The second-order valence-corrected chi connectivity index (χ2v) is 7.31. The molecule has 0 spiro atoms. The molecule has 0 bridgehead atoms. The Labute approximate surface area is 101 Å². The maximum atomic E-state index is 11.9. The molecule has 1 heterocycles. The van der Waals surface area contributed by atoms with Crippen molar-refractivity contribution in [3.05, 3.63) is 23.0 Å². The number of aromatic nitrogens is 1. The lowest BCUT2D eigenvalue weighted by atomic mass is 10.3. The molecular formula is C10H15ClN2O2S. The zero-order valence-electron chi connectivity index (χ0n) is 9.70. The van der Waals surface area contributed by atoms with Gasteiger partial charge in [0, 0.05) is 0 Å². The van der Waals surface area contributed by atoms with Crippen LogP contribution in [0.25, 0.3) is 0 Å². The van der Waals surface area contributed by atoms with E-state index in [-0.39, 0.29) is 0 Å². The van der Waals surface area contributed by atoms with Crippen molar-refractivity contribution < 1.29 is 8.42 Å². The number of hydrogen-bond donors (Lipinski definition) is 1. The molecule has 0 aromatic carbocycles. The summed E-state index contributed by atoms with van der Waals surface area (Å²) in [6.07, 6.45) is 0. The molecule has 0 unspecified atom stereocenters. The van der Waals surface area contributed by atoms with Crippen molar-refractivity contribution in [1.82, 2.24) is 4.98 Å². The molecule has 1 rings (SSSR count). The largest absolute Gasteiger partial charge is 0.281 e. The minimum absolute atomic E-state index is 0.344. The molecule has 0 fully saturated rings. The number of rotatable bonds is 2. The number of aryl methyl sites for hydroxylation is 1. The van der Waals surface area contributed by atoms with E-state index < -0.39 is 14.8 Å². The second-order valence-electron chi connectivity index (χ2n) is 4.48. The van der Waals surface area contributed by atoms with Crippen LogP contribution in [0.1, 0.15) is 26.5 Å². The smallest absolute Gasteiger partial charge is 0.237 e. The number of hydrogen-bond acceptors (Lipinski definition) is 3. The molecule has 6 heteroatoms. The lowest BCUT2D eigenvalue weighted by molar-refractivity contribution is 0.566. The summed E-state index contributed by atoms with van der Waals surface area (Å²) in [6.45, 7) is 6.60. The summed E-state index contributed by atoms with van der Waals surface area (Å²) in [4.78, 5) is 3.98. The molecule has 0 saturated heterocycles. The highest BCUT2D eigenvalue weighted by Crippen LogP contribution is 2.22. The molecule has 0 radical (unpaired) electrons. The van der Waals surface area contributed by atoms with Gasteiger partial charge in [-0.15, -0.1) is 0 Å². The third-order valence-corrected chi connectivity index (χ3v) is 4.41. The van der Waals surface area contributed by atoms with Gasteiger partial charge in [0.1, 0.15) is 5.15 Å². The first-order valence-electron chi connectivity index (χ1n) is 4.79. The van der Waals surface area contributed by atoms with Crippen molar-refractivity contribution in [1.29, 1.82) is 0 Å².